The maximum absolute atomic E-state index is 5.86. The van der Waals surface area contributed by atoms with Crippen LogP contribution < -0.4 is 10.5 Å². The average Bonchev–Trinajstić information content (AvgIpc) is 2.69. The van der Waals surface area contributed by atoms with Crippen LogP contribution in [0, 0.1) is 0 Å². The highest BCUT2D eigenvalue weighted by Gasteiger charge is 2.08. The Balaban J connectivity index is 2.22. The smallest absolute Gasteiger partial charge is 0.213 e. The predicted octanol–water partition coefficient (Wildman–Crippen LogP) is 1.73. The predicted molar refractivity (Wildman–Crippen MR) is 69.5 cm³/mol. The molecule has 1 heterocycles. The van der Waals surface area contributed by atoms with Crippen LogP contribution in [0.4, 0.5) is 5.69 Å². The molecule has 7 heteroatoms. The van der Waals surface area contributed by atoms with Crippen LogP contribution in [0.15, 0.2) is 28.3 Å². The van der Waals surface area contributed by atoms with Crippen LogP contribution in [0.2, 0.25) is 0 Å². The van der Waals surface area contributed by atoms with Gasteiger partial charge in [0.25, 0.3) is 0 Å². The molecule has 0 aliphatic heterocycles. The van der Waals surface area contributed by atoms with E-state index in [9.17, 15) is 0 Å². The minimum Gasteiger partial charge on any atom is -0.489 e. The van der Waals surface area contributed by atoms with Gasteiger partial charge in [0.2, 0.25) is 5.16 Å². The molecule has 18 heavy (non-hydrogen) atoms. The van der Waals surface area contributed by atoms with Crippen LogP contribution >= 0.6 is 11.8 Å². The lowest BCUT2D eigenvalue weighted by Gasteiger charge is -2.12. The van der Waals surface area contributed by atoms with Crippen LogP contribution in [0.5, 0.6) is 5.75 Å². The maximum Gasteiger partial charge on any atom is 0.213 e. The third-order valence-electron chi connectivity index (χ3n) is 2.14. The van der Waals surface area contributed by atoms with Gasteiger partial charge in [-0.3, -0.25) is 0 Å². The number of tetrazole rings is 1. The molecule has 0 saturated carbocycles. The molecule has 0 atom stereocenters. The quantitative estimate of drug-likeness (QED) is 0.848. The highest BCUT2D eigenvalue weighted by atomic mass is 32.2. The van der Waals surface area contributed by atoms with Crippen LogP contribution in [-0.2, 0) is 7.05 Å². The summed E-state index contributed by atoms with van der Waals surface area (Å²) in [6, 6.07) is 5.64. The van der Waals surface area contributed by atoms with Gasteiger partial charge in [-0.1, -0.05) is 0 Å². The number of aromatic nitrogens is 4. The lowest BCUT2D eigenvalue weighted by molar-refractivity contribution is 0.243. The van der Waals surface area contributed by atoms with E-state index >= 15 is 0 Å². The fourth-order valence-electron chi connectivity index (χ4n) is 1.35. The molecule has 1 aromatic heterocycles. The molecule has 0 amide bonds. The zero-order chi connectivity index (χ0) is 13.1. The molecule has 0 aliphatic carbocycles. The van der Waals surface area contributed by atoms with Crippen LogP contribution in [0.25, 0.3) is 0 Å². The molecule has 0 aliphatic rings. The van der Waals surface area contributed by atoms with Crippen molar-refractivity contribution in [1.82, 2.24) is 20.2 Å². The third kappa shape index (κ3) is 2.92. The minimum absolute atomic E-state index is 0.0871. The van der Waals surface area contributed by atoms with Gasteiger partial charge in [-0.25, -0.2) is 4.68 Å². The molecule has 0 unspecified atom stereocenters. The molecule has 6 nitrogen and oxygen atoms in total. The summed E-state index contributed by atoms with van der Waals surface area (Å²) in [5, 5.41) is 12.0. The molecule has 96 valence electrons. The maximum atomic E-state index is 5.86. The van der Waals surface area contributed by atoms with Crippen LogP contribution in [0.1, 0.15) is 13.8 Å². The first-order chi connectivity index (χ1) is 8.56. The van der Waals surface area contributed by atoms with Crippen LogP contribution in [-0.4, -0.2) is 26.3 Å². The second kappa shape index (κ2) is 5.26. The number of rotatable bonds is 4. The lowest BCUT2D eigenvalue weighted by Crippen LogP contribution is -2.07. The zero-order valence-electron chi connectivity index (χ0n) is 10.5. The Kier molecular flexibility index (Phi) is 3.71. The molecular weight excluding hydrogens is 250 g/mol. The number of hydrogen-bond donors (Lipinski definition) is 1. The van der Waals surface area contributed by atoms with Crippen molar-refractivity contribution in [3.8, 4) is 5.75 Å². The Morgan fingerprint density at radius 2 is 2.17 bits per heavy atom. The van der Waals surface area contributed by atoms with Crippen molar-refractivity contribution < 1.29 is 4.74 Å². The molecule has 2 rings (SSSR count). The Morgan fingerprint density at radius 3 is 2.78 bits per heavy atom. The Labute approximate surface area is 110 Å². The van der Waals surface area contributed by atoms with E-state index in [1.54, 1.807) is 11.7 Å². The molecule has 0 bridgehead atoms. The molecule has 0 saturated heterocycles. The van der Waals surface area contributed by atoms with E-state index in [0.717, 1.165) is 10.1 Å². The van der Waals surface area contributed by atoms with E-state index in [0.29, 0.717) is 11.4 Å². The number of nitrogens with zero attached hydrogens (tertiary/aromatic N) is 4. The Bertz CT molecular complexity index is 540. The monoisotopic (exact) mass is 265 g/mol. The van der Waals surface area contributed by atoms with Crippen molar-refractivity contribution in [2.24, 2.45) is 7.05 Å². The zero-order valence-corrected chi connectivity index (χ0v) is 11.3. The van der Waals surface area contributed by atoms with Crippen molar-refractivity contribution in [2.75, 3.05) is 5.73 Å². The third-order valence-corrected chi connectivity index (χ3v) is 3.16. The van der Waals surface area contributed by atoms with Gasteiger partial charge in [-0.05, 0) is 54.2 Å². The van der Waals surface area contributed by atoms with Crippen molar-refractivity contribution in [1.29, 1.82) is 0 Å². The average molecular weight is 265 g/mol. The molecule has 2 aromatic rings. The normalized spacial score (nSPS) is 10.9. The van der Waals surface area contributed by atoms with Gasteiger partial charge < -0.3 is 10.5 Å². The van der Waals surface area contributed by atoms with Crippen molar-refractivity contribution in [3.63, 3.8) is 0 Å². The van der Waals surface area contributed by atoms with Crippen LogP contribution in [0.3, 0.4) is 0 Å². The number of nitrogen functional groups attached to an aromatic ring is 1. The summed E-state index contributed by atoms with van der Waals surface area (Å²) in [5.74, 6) is 0.685. The van der Waals surface area contributed by atoms with Gasteiger partial charge in [0.05, 0.1) is 11.8 Å². The van der Waals surface area contributed by atoms with E-state index in [2.05, 4.69) is 15.5 Å². The number of hydrogen-bond acceptors (Lipinski definition) is 6. The second-order valence-electron chi connectivity index (χ2n) is 4.05. The van der Waals surface area contributed by atoms with Gasteiger partial charge >= 0.3 is 0 Å². The largest absolute Gasteiger partial charge is 0.489 e. The number of nitrogens with two attached hydrogens (primary N) is 1. The summed E-state index contributed by atoms with van der Waals surface area (Å²) in [6.45, 7) is 3.93. The SMILES string of the molecule is CC(C)Oc1cc(Sc2nnnn2C)ccc1N. The van der Waals surface area contributed by atoms with E-state index in [1.807, 2.05) is 32.0 Å². The summed E-state index contributed by atoms with van der Waals surface area (Å²) in [4.78, 5) is 0.984. The van der Waals surface area contributed by atoms with Gasteiger partial charge in [0.15, 0.2) is 0 Å². The molecule has 0 fully saturated rings. The van der Waals surface area contributed by atoms with E-state index in [1.165, 1.54) is 11.8 Å². The highest BCUT2D eigenvalue weighted by molar-refractivity contribution is 7.99. The van der Waals surface area contributed by atoms with Crippen molar-refractivity contribution in [2.45, 2.75) is 30.0 Å². The highest BCUT2D eigenvalue weighted by Crippen LogP contribution is 2.32. The Hall–Kier alpha value is -1.76. The summed E-state index contributed by atoms with van der Waals surface area (Å²) < 4.78 is 7.25. The molecule has 0 spiro atoms. The van der Waals surface area contributed by atoms with Gasteiger partial charge in [-0.15, -0.1) is 5.10 Å². The van der Waals surface area contributed by atoms with Crippen molar-refractivity contribution in [3.05, 3.63) is 18.2 Å². The number of anilines is 1. The summed E-state index contributed by atoms with van der Waals surface area (Å²) in [5.41, 5.74) is 6.49. The van der Waals surface area contributed by atoms with Gasteiger partial charge in [0.1, 0.15) is 5.75 Å². The Morgan fingerprint density at radius 1 is 1.39 bits per heavy atom. The first-order valence-electron chi connectivity index (χ1n) is 5.52. The van der Waals surface area contributed by atoms with E-state index in [-0.39, 0.29) is 6.10 Å². The first-order valence-corrected chi connectivity index (χ1v) is 6.34. The molecular formula is C11H15N5OS. The lowest BCUT2D eigenvalue weighted by atomic mass is 10.3. The fraction of sp³-hybridized carbons (Fsp3) is 0.364. The number of aryl methyl sites for hydroxylation is 1. The summed E-state index contributed by atoms with van der Waals surface area (Å²) in [7, 11) is 1.80. The molecule has 2 N–H and O–H groups in total. The van der Waals surface area contributed by atoms with Crippen molar-refractivity contribution >= 4 is 17.4 Å². The van der Waals surface area contributed by atoms with Gasteiger partial charge in [0, 0.05) is 11.9 Å². The minimum atomic E-state index is 0.0871. The number of benzene rings is 1. The number of ether oxygens (including phenoxy) is 1. The second-order valence-corrected chi connectivity index (χ2v) is 5.09. The van der Waals surface area contributed by atoms with E-state index in [4.69, 9.17) is 10.5 Å². The topological polar surface area (TPSA) is 78.9 Å². The first kappa shape index (κ1) is 12.7. The van der Waals surface area contributed by atoms with E-state index < -0.39 is 0 Å². The fourth-order valence-corrected chi connectivity index (χ4v) is 2.11. The standard InChI is InChI=1S/C11H15N5OS/c1-7(2)17-10-6-8(4-5-9(10)12)18-11-13-14-15-16(11)3/h4-7H,12H2,1-3H3. The molecule has 1 aromatic carbocycles. The summed E-state index contributed by atoms with van der Waals surface area (Å²) >= 11 is 1.46. The van der Waals surface area contributed by atoms with Gasteiger partial charge in [-0.2, -0.15) is 0 Å². The molecule has 0 radical (unpaired) electrons. The summed E-state index contributed by atoms with van der Waals surface area (Å²) in [6.07, 6.45) is 0.0871.